The minimum atomic E-state index is -0.190. The summed E-state index contributed by atoms with van der Waals surface area (Å²) in [7, 11) is 0. The highest BCUT2D eigenvalue weighted by Crippen LogP contribution is 2.16. The van der Waals surface area contributed by atoms with E-state index < -0.39 is 0 Å². The third-order valence-corrected chi connectivity index (χ3v) is 3.53. The molecule has 1 heterocycles. The molecule has 2 N–H and O–H groups in total. The highest BCUT2D eigenvalue weighted by molar-refractivity contribution is 6.31. The van der Waals surface area contributed by atoms with E-state index in [1.165, 1.54) is 0 Å². The summed E-state index contributed by atoms with van der Waals surface area (Å²) in [5.74, 6) is 1.35. The van der Waals surface area contributed by atoms with Gasteiger partial charge in [-0.1, -0.05) is 43.6 Å². The predicted molar refractivity (Wildman–Crippen MR) is 92.7 cm³/mol. The first-order valence-corrected chi connectivity index (χ1v) is 7.94. The molecule has 6 heteroatoms. The van der Waals surface area contributed by atoms with Crippen LogP contribution in [0.4, 0.5) is 5.82 Å². The van der Waals surface area contributed by atoms with E-state index in [2.05, 4.69) is 20.6 Å². The van der Waals surface area contributed by atoms with Crippen molar-refractivity contribution >= 4 is 23.3 Å². The summed E-state index contributed by atoms with van der Waals surface area (Å²) in [6.45, 7) is 7.00. The van der Waals surface area contributed by atoms with Crippen molar-refractivity contribution in [2.45, 2.75) is 27.3 Å². The maximum absolute atomic E-state index is 12.1. The molecule has 0 atom stereocenters. The fourth-order valence-corrected chi connectivity index (χ4v) is 2.19. The average molecular weight is 333 g/mol. The smallest absolute Gasteiger partial charge is 0.270 e. The first-order valence-electron chi connectivity index (χ1n) is 7.57. The molecule has 0 unspecified atom stereocenters. The minimum Gasteiger partial charge on any atom is -0.366 e. The predicted octanol–water partition coefficient (Wildman–Crippen LogP) is 3.44. The molecule has 0 saturated heterocycles. The second-order valence-electron chi connectivity index (χ2n) is 5.73. The lowest BCUT2D eigenvalue weighted by Crippen LogP contribution is -2.28. The lowest BCUT2D eigenvalue weighted by molar-refractivity contribution is 0.0943. The molecular formula is C17H21ClN4O. The van der Waals surface area contributed by atoms with E-state index >= 15 is 0 Å². The number of hydrogen-bond acceptors (Lipinski definition) is 4. The molecule has 5 nitrogen and oxygen atoms in total. The summed E-state index contributed by atoms with van der Waals surface area (Å²) in [4.78, 5) is 20.6. The number of halogens is 1. The maximum Gasteiger partial charge on any atom is 0.270 e. The van der Waals surface area contributed by atoms with Crippen molar-refractivity contribution in [1.82, 2.24) is 15.3 Å². The van der Waals surface area contributed by atoms with Gasteiger partial charge in [0.2, 0.25) is 0 Å². The van der Waals surface area contributed by atoms with Gasteiger partial charge in [0.05, 0.1) is 0 Å². The number of amides is 1. The molecular weight excluding hydrogens is 312 g/mol. The number of nitrogens with zero attached hydrogens (tertiary/aromatic N) is 2. The molecule has 0 bridgehead atoms. The van der Waals surface area contributed by atoms with Crippen LogP contribution in [0.5, 0.6) is 0 Å². The van der Waals surface area contributed by atoms with Gasteiger partial charge < -0.3 is 10.6 Å². The number of nitrogens with one attached hydrogen (secondary N) is 2. The van der Waals surface area contributed by atoms with Gasteiger partial charge in [-0.25, -0.2) is 9.97 Å². The van der Waals surface area contributed by atoms with Gasteiger partial charge in [-0.05, 0) is 24.5 Å². The molecule has 0 aliphatic rings. The highest BCUT2D eigenvalue weighted by atomic mass is 35.5. The topological polar surface area (TPSA) is 66.9 Å². The molecule has 0 radical (unpaired) electrons. The van der Waals surface area contributed by atoms with E-state index in [0.717, 1.165) is 5.56 Å². The molecule has 1 aromatic carbocycles. The summed E-state index contributed by atoms with van der Waals surface area (Å²) in [6.07, 6.45) is 0. The molecule has 2 aromatic rings. The molecule has 0 aliphatic heterocycles. The van der Waals surface area contributed by atoms with Crippen LogP contribution in [0.3, 0.4) is 0 Å². The fourth-order valence-electron chi connectivity index (χ4n) is 1.99. The molecule has 0 saturated carbocycles. The molecule has 122 valence electrons. The zero-order valence-electron chi connectivity index (χ0n) is 13.6. The summed E-state index contributed by atoms with van der Waals surface area (Å²) in [6, 6.07) is 9.25. The van der Waals surface area contributed by atoms with E-state index in [1.807, 2.05) is 38.1 Å². The number of anilines is 1. The highest BCUT2D eigenvalue weighted by Gasteiger charge is 2.11. The third kappa shape index (κ3) is 5.21. The van der Waals surface area contributed by atoms with E-state index in [1.54, 1.807) is 13.0 Å². The largest absolute Gasteiger partial charge is 0.366 e. The van der Waals surface area contributed by atoms with Crippen molar-refractivity contribution in [3.63, 3.8) is 0 Å². The quantitative estimate of drug-likeness (QED) is 0.850. The standard InChI is InChI=1S/C17H21ClN4O/c1-11(2)9-20-17(23)15-8-16(22-12(3)21-15)19-10-13-6-4-5-7-14(13)18/h4-8,11H,9-10H2,1-3H3,(H,20,23)(H,19,21,22). The maximum atomic E-state index is 12.1. The Kier molecular flexibility index (Phi) is 5.93. The normalized spacial score (nSPS) is 10.7. The summed E-state index contributed by atoms with van der Waals surface area (Å²) in [5, 5.41) is 6.74. The van der Waals surface area contributed by atoms with Crippen LogP contribution < -0.4 is 10.6 Å². The Morgan fingerprint density at radius 3 is 2.70 bits per heavy atom. The summed E-state index contributed by atoms with van der Waals surface area (Å²) < 4.78 is 0. The average Bonchev–Trinajstić information content (AvgIpc) is 2.51. The summed E-state index contributed by atoms with van der Waals surface area (Å²) >= 11 is 6.14. The van der Waals surface area contributed by atoms with Gasteiger partial charge in [-0.3, -0.25) is 4.79 Å². The van der Waals surface area contributed by atoms with Crippen LogP contribution in [-0.4, -0.2) is 22.4 Å². The Morgan fingerprint density at radius 2 is 2.00 bits per heavy atom. The minimum absolute atomic E-state index is 0.190. The second kappa shape index (κ2) is 7.92. The lowest BCUT2D eigenvalue weighted by atomic mass is 10.2. The molecule has 0 spiro atoms. The fraction of sp³-hybridized carbons (Fsp3) is 0.353. The van der Waals surface area contributed by atoms with Crippen LogP contribution in [-0.2, 0) is 6.54 Å². The number of hydrogen-bond donors (Lipinski definition) is 2. The number of carbonyl (C=O) groups excluding carboxylic acids is 1. The molecule has 1 amide bonds. The van der Waals surface area contributed by atoms with E-state index in [4.69, 9.17) is 11.6 Å². The van der Waals surface area contributed by atoms with Crippen LogP contribution in [0.25, 0.3) is 0 Å². The first kappa shape index (κ1) is 17.2. The monoisotopic (exact) mass is 332 g/mol. The van der Waals surface area contributed by atoms with Crippen molar-refractivity contribution < 1.29 is 4.79 Å². The zero-order valence-corrected chi connectivity index (χ0v) is 14.3. The number of rotatable bonds is 6. The van der Waals surface area contributed by atoms with E-state index in [0.29, 0.717) is 41.4 Å². The lowest BCUT2D eigenvalue weighted by Gasteiger charge is -2.11. The Bertz CT molecular complexity index is 688. The second-order valence-corrected chi connectivity index (χ2v) is 6.14. The van der Waals surface area contributed by atoms with Gasteiger partial charge in [0.15, 0.2) is 0 Å². The number of aromatic nitrogens is 2. The number of aryl methyl sites for hydroxylation is 1. The van der Waals surface area contributed by atoms with Crippen molar-refractivity contribution in [3.05, 3.63) is 52.4 Å². The third-order valence-electron chi connectivity index (χ3n) is 3.16. The Morgan fingerprint density at radius 1 is 1.26 bits per heavy atom. The van der Waals surface area contributed by atoms with Crippen LogP contribution >= 0.6 is 11.6 Å². The van der Waals surface area contributed by atoms with Gasteiger partial charge in [0, 0.05) is 24.2 Å². The zero-order chi connectivity index (χ0) is 16.8. The molecule has 23 heavy (non-hydrogen) atoms. The van der Waals surface area contributed by atoms with Gasteiger partial charge in [0.25, 0.3) is 5.91 Å². The van der Waals surface area contributed by atoms with Gasteiger partial charge in [-0.2, -0.15) is 0 Å². The molecule has 0 fully saturated rings. The Hall–Kier alpha value is -2.14. The van der Waals surface area contributed by atoms with Gasteiger partial charge >= 0.3 is 0 Å². The van der Waals surface area contributed by atoms with Crippen LogP contribution in [0.15, 0.2) is 30.3 Å². The molecule has 1 aromatic heterocycles. The van der Waals surface area contributed by atoms with Gasteiger partial charge in [0.1, 0.15) is 17.3 Å². The molecule has 0 aliphatic carbocycles. The first-order chi connectivity index (χ1) is 11.0. The van der Waals surface area contributed by atoms with Crippen LogP contribution in [0.1, 0.15) is 35.7 Å². The number of benzene rings is 1. The Labute approximate surface area is 141 Å². The van der Waals surface area contributed by atoms with Gasteiger partial charge in [-0.15, -0.1) is 0 Å². The number of carbonyl (C=O) groups is 1. The van der Waals surface area contributed by atoms with E-state index in [9.17, 15) is 4.79 Å². The van der Waals surface area contributed by atoms with Crippen molar-refractivity contribution in [3.8, 4) is 0 Å². The molecule has 2 rings (SSSR count). The van der Waals surface area contributed by atoms with Crippen LogP contribution in [0, 0.1) is 12.8 Å². The van der Waals surface area contributed by atoms with Crippen molar-refractivity contribution in [1.29, 1.82) is 0 Å². The van der Waals surface area contributed by atoms with E-state index in [-0.39, 0.29) is 5.91 Å². The Balaban J connectivity index is 2.08. The van der Waals surface area contributed by atoms with Crippen LogP contribution in [0.2, 0.25) is 5.02 Å². The van der Waals surface area contributed by atoms with Crippen molar-refractivity contribution in [2.75, 3.05) is 11.9 Å². The SMILES string of the molecule is Cc1nc(NCc2ccccc2Cl)cc(C(=O)NCC(C)C)n1. The van der Waals surface area contributed by atoms with Crippen molar-refractivity contribution in [2.24, 2.45) is 5.92 Å². The summed E-state index contributed by atoms with van der Waals surface area (Å²) in [5.41, 5.74) is 1.33.